The first kappa shape index (κ1) is 26.4. The Bertz CT molecular complexity index is 1360. The molecule has 0 spiro atoms. The molecule has 0 heterocycles. The van der Waals surface area contributed by atoms with Crippen molar-refractivity contribution in [3.63, 3.8) is 0 Å². The molecule has 0 aliphatic rings. The van der Waals surface area contributed by atoms with Crippen molar-refractivity contribution in [2.75, 3.05) is 6.61 Å². The SMILES string of the molecule is CCCCOc1ccc(-c2ccc3c(F)c(CCc4cc(F)c(OC(F)(F)F)c(F)c4)ccc3c2)cc1. The molecular weight excluding hydrogens is 494 g/mol. The van der Waals surface area contributed by atoms with Gasteiger partial charge in [0.15, 0.2) is 11.6 Å². The largest absolute Gasteiger partial charge is 0.573 e. The van der Waals surface area contributed by atoms with Crippen molar-refractivity contribution in [3.8, 4) is 22.6 Å². The van der Waals surface area contributed by atoms with E-state index in [1.165, 1.54) is 0 Å². The van der Waals surface area contributed by atoms with Crippen molar-refractivity contribution >= 4 is 10.8 Å². The van der Waals surface area contributed by atoms with Crippen LogP contribution in [0, 0.1) is 17.5 Å². The van der Waals surface area contributed by atoms with Crippen LogP contribution in [0.5, 0.6) is 11.5 Å². The van der Waals surface area contributed by atoms with Gasteiger partial charge in [-0.25, -0.2) is 13.2 Å². The summed E-state index contributed by atoms with van der Waals surface area (Å²) in [6, 6.07) is 17.9. The summed E-state index contributed by atoms with van der Waals surface area (Å²) in [5.41, 5.74) is 2.27. The Hall–Kier alpha value is -3.68. The van der Waals surface area contributed by atoms with Gasteiger partial charge in [-0.2, -0.15) is 0 Å². The standard InChI is InChI=1S/C29H24F6O2/c1-2-3-14-36-23-11-8-19(9-12-23)21-10-13-24-22(17-21)7-6-20(27(24)32)5-4-18-15-25(30)28(26(31)16-18)37-29(33,34)35/h6-13,15-17H,2-5,14H2,1H3. The molecule has 0 N–H and O–H groups in total. The molecule has 0 fully saturated rings. The molecule has 4 aromatic carbocycles. The maximum atomic E-state index is 15.2. The second kappa shape index (κ2) is 11.2. The van der Waals surface area contributed by atoms with Crippen LogP contribution in [0.2, 0.25) is 0 Å². The Morgan fingerprint density at radius 3 is 2.08 bits per heavy atom. The van der Waals surface area contributed by atoms with Gasteiger partial charge in [-0.3, -0.25) is 0 Å². The van der Waals surface area contributed by atoms with Gasteiger partial charge in [-0.1, -0.05) is 49.7 Å². The van der Waals surface area contributed by atoms with Gasteiger partial charge in [0.05, 0.1) is 6.61 Å². The zero-order valence-electron chi connectivity index (χ0n) is 20.0. The first-order chi connectivity index (χ1) is 17.6. The molecule has 37 heavy (non-hydrogen) atoms. The third-order valence-electron chi connectivity index (χ3n) is 5.95. The Kier molecular flexibility index (Phi) is 7.95. The van der Waals surface area contributed by atoms with Gasteiger partial charge in [0.1, 0.15) is 11.6 Å². The van der Waals surface area contributed by atoms with Crippen LogP contribution in [0.3, 0.4) is 0 Å². The molecule has 0 aliphatic carbocycles. The molecule has 0 saturated carbocycles. The van der Waals surface area contributed by atoms with Crippen molar-refractivity contribution < 1.29 is 35.8 Å². The lowest BCUT2D eigenvalue weighted by atomic mass is 9.97. The molecule has 194 valence electrons. The topological polar surface area (TPSA) is 18.5 Å². The highest BCUT2D eigenvalue weighted by Gasteiger charge is 2.34. The fourth-order valence-electron chi connectivity index (χ4n) is 4.04. The summed E-state index contributed by atoms with van der Waals surface area (Å²) in [5, 5.41) is 1.08. The molecule has 0 amide bonds. The summed E-state index contributed by atoms with van der Waals surface area (Å²) in [6.45, 7) is 2.76. The van der Waals surface area contributed by atoms with Gasteiger partial charge in [-0.15, -0.1) is 13.2 Å². The molecule has 2 nitrogen and oxygen atoms in total. The highest BCUT2D eigenvalue weighted by molar-refractivity contribution is 5.88. The molecule has 0 aliphatic heterocycles. The number of hydrogen-bond donors (Lipinski definition) is 0. The summed E-state index contributed by atoms with van der Waals surface area (Å²) in [7, 11) is 0. The van der Waals surface area contributed by atoms with Crippen LogP contribution in [0.1, 0.15) is 30.9 Å². The number of aryl methyl sites for hydroxylation is 2. The molecular formula is C29H24F6O2. The highest BCUT2D eigenvalue weighted by Crippen LogP contribution is 2.31. The number of fused-ring (bicyclic) bond motifs is 1. The average Bonchev–Trinajstić information content (AvgIpc) is 2.86. The molecule has 0 atom stereocenters. The van der Waals surface area contributed by atoms with E-state index in [2.05, 4.69) is 11.7 Å². The van der Waals surface area contributed by atoms with E-state index in [4.69, 9.17) is 4.74 Å². The van der Waals surface area contributed by atoms with Gasteiger partial charge in [0.25, 0.3) is 0 Å². The van der Waals surface area contributed by atoms with Crippen molar-refractivity contribution in [2.24, 2.45) is 0 Å². The number of benzene rings is 4. The smallest absolute Gasteiger partial charge is 0.494 e. The minimum Gasteiger partial charge on any atom is -0.494 e. The van der Waals surface area contributed by atoms with E-state index in [1.54, 1.807) is 18.2 Å². The van der Waals surface area contributed by atoms with E-state index in [9.17, 15) is 22.0 Å². The number of halogens is 6. The minimum absolute atomic E-state index is 0.0212. The molecule has 0 saturated heterocycles. The maximum absolute atomic E-state index is 15.2. The predicted molar refractivity (Wildman–Crippen MR) is 130 cm³/mol. The number of hydrogen-bond acceptors (Lipinski definition) is 2. The van der Waals surface area contributed by atoms with Gasteiger partial charge >= 0.3 is 6.36 Å². The predicted octanol–water partition coefficient (Wildman–Crippen LogP) is 8.79. The fourth-order valence-corrected chi connectivity index (χ4v) is 4.04. The monoisotopic (exact) mass is 518 g/mol. The number of alkyl halides is 3. The summed E-state index contributed by atoms with van der Waals surface area (Å²) in [6.07, 6.45) is -3.06. The lowest BCUT2D eigenvalue weighted by Crippen LogP contribution is -2.19. The van der Waals surface area contributed by atoms with E-state index in [0.29, 0.717) is 22.9 Å². The summed E-state index contributed by atoms with van der Waals surface area (Å²) in [5.74, 6) is -4.13. The highest BCUT2D eigenvalue weighted by atomic mass is 19.4. The molecule has 4 rings (SSSR count). The fraction of sp³-hybridized carbons (Fsp3) is 0.241. The minimum atomic E-state index is -5.22. The number of rotatable bonds is 9. The third kappa shape index (κ3) is 6.56. The van der Waals surface area contributed by atoms with Gasteiger partial charge in [-0.05, 0) is 77.2 Å². The van der Waals surface area contributed by atoms with Gasteiger partial charge in [0.2, 0.25) is 5.75 Å². The van der Waals surface area contributed by atoms with Crippen LogP contribution >= 0.6 is 0 Å². The molecule has 0 aromatic heterocycles. The summed E-state index contributed by atoms with van der Waals surface area (Å²) in [4.78, 5) is 0. The lowest BCUT2D eigenvalue weighted by Gasteiger charge is -2.12. The first-order valence-electron chi connectivity index (χ1n) is 11.8. The average molecular weight is 518 g/mol. The number of ether oxygens (including phenoxy) is 2. The normalized spacial score (nSPS) is 11.6. The van der Waals surface area contributed by atoms with Crippen LogP contribution in [0.25, 0.3) is 21.9 Å². The van der Waals surface area contributed by atoms with Crippen LogP contribution in [0.15, 0.2) is 66.7 Å². The second-order valence-corrected chi connectivity index (χ2v) is 8.64. The molecule has 0 radical (unpaired) electrons. The van der Waals surface area contributed by atoms with Crippen molar-refractivity contribution in [3.05, 3.63) is 95.3 Å². The lowest BCUT2D eigenvalue weighted by molar-refractivity contribution is -0.276. The molecule has 4 aromatic rings. The Balaban J connectivity index is 1.49. The van der Waals surface area contributed by atoms with Gasteiger partial charge < -0.3 is 9.47 Å². The zero-order chi connectivity index (χ0) is 26.6. The van der Waals surface area contributed by atoms with E-state index >= 15 is 4.39 Å². The quantitative estimate of drug-likeness (QED) is 0.163. The van der Waals surface area contributed by atoms with Gasteiger partial charge in [0, 0.05) is 5.39 Å². The summed E-state index contributed by atoms with van der Waals surface area (Å²) >= 11 is 0. The molecule has 8 heteroatoms. The third-order valence-corrected chi connectivity index (χ3v) is 5.95. The van der Waals surface area contributed by atoms with Crippen LogP contribution in [-0.2, 0) is 12.8 Å². The Labute approximate surface area is 210 Å². The van der Waals surface area contributed by atoms with E-state index in [0.717, 1.165) is 41.9 Å². The van der Waals surface area contributed by atoms with Crippen LogP contribution < -0.4 is 9.47 Å². The van der Waals surface area contributed by atoms with Crippen molar-refractivity contribution in [1.29, 1.82) is 0 Å². The first-order valence-corrected chi connectivity index (χ1v) is 11.8. The van der Waals surface area contributed by atoms with Crippen molar-refractivity contribution in [1.82, 2.24) is 0 Å². The van der Waals surface area contributed by atoms with Crippen LogP contribution in [-0.4, -0.2) is 13.0 Å². The Morgan fingerprint density at radius 1 is 0.757 bits per heavy atom. The molecule has 0 unspecified atom stereocenters. The molecule has 0 bridgehead atoms. The maximum Gasteiger partial charge on any atom is 0.573 e. The van der Waals surface area contributed by atoms with Crippen LogP contribution in [0.4, 0.5) is 26.3 Å². The second-order valence-electron chi connectivity index (χ2n) is 8.64. The van der Waals surface area contributed by atoms with E-state index in [1.807, 2.05) is 36.4 Å². The Morgan fingerprint density at radius 2 is 1.43 bits per heavy atom. The van der Waals surface area contributed by atoms with E-state index < -0.39 is 29.6 Å². The van der Waals surface area contributed by atoms with E-state index in [-0.39, 0.29) is 18.4 Å². The number of unbranched alkanes of at least 4 members (excludes halogenated alkanes) is 1. The van der Waals surface area contributed by atoms with Crippen molar-refractivity contribution in [2.45, 2.75) is 39.0 Å². The zero-order valence-corrected chi connectivity index (χ0v) is 20.0. The summed E-state index contributed by atoms with van der Waals surface area (Å²) < 4.78 is 89.2.